The van der Waals surface area contributed by atoms with E-state index >= 15 is 0 Å². The molecule has 0 saturated heterocycles. The largest absolute Gasteiger partial charge is 0.496 e. The molecule has 0 aliphatic rings. The van der Waals surface area contributed by atoms with E-state index in [4.69, 9.17) is 31.5 Å². The van der Waals surface area contributed by atoms with Crippen molar-refractivity contribution in [2.24, 2.45) is 5.73 Å². The number of Topliss-reactive ketones (excluding diaryl/α,β-unsaturated/α-hetero) is 1. The molecule has 132 valence electrons. The van der Waals surface area contributed by atoms with Crippen LogP contribution < -0.4 is 19.9 Å². The maximum absolute atomic E-state index is 12.8. The number of benzene rings is 2. The third-order valence-corrected chi connectivity index (χ3v) is 3.99. The molecule has 2 aromatic rings. The molecule has 0 heterocycles. The highest BCUT2D eigenvalue weighted by atomic mass is 35.5. The molecule has 2 aromatic carbocycles. The van der Waals surface area contributed by atoms with Crippen LogP contribution in [0.1, 0.15) is 26.3 Å². The molecule has 0 radical (unpaired) electrons. The predicted octanol–water partition coefficient (Wildman–Crippen LogP) is 2.89. The average Bonchev–Trinajstić information content (AvgIpc) is 2.61. The van der Waals surface area contributed by atoms with Crippen molar-refractivity contribution in [1.29, 1.82) is 0 Å². The first-order valence-corrected chi connectivity index (χ1v) is 7.70. The number of hydrogen-bond donors (Lipinski definition) is 1. The van der Waals surface area contributed by atoms with E-state index in [-0.39, 0.29) is 23.3 Å². The number of carbonyl (C=O) groups is 2. The summed E-state index contributed by atoms with van der Waals surface area (Å²) in [5.74, 6) is 0.368. The lowest BCUT2D eigenvalue weighted by Crippen LogP contribution is -2.13. The van der Waals surface area contributed by atoms with E-state index in [0.717, 1.165) is 0 Å². The quantitative estimate of drug-likeness (QED) is 0.764. The van der Waals surface area contributed by atoms with Crippen LogP contribution in [0.4, 0.5) is 0 Å². The van der Waals surface area contributed by atoms with Crippen LogP contribution in [0.3, 0.4) is 0 Å². The van der Waals surface area contributed by atoms with Gasteiger partial charge in [0.2, 0.25) is 5.91 Å². The summed E-state index contributed by atoms with van der Waals surface area (Å²) < 4.78 is 15.7. The Morgan fingerprint density at radius 3 is 2.16 bits per heavy atom. The van der Waals surface area contributed by atoms with Crippen molar-refractivity contribution < 1.29 is 23.8 Å². The van der Waals surface area contributed by atoms with Gasteiger partial charge in [-0.3, -0.25) is 9.59 Å². The second-order valence-electron chi connectivity index (χ2n) is 5.18. The Morgan fingerprint density at radius 1 is 0.960 bits per heavy atom. The number of ether oxygens (including phenoxy) is 3. The molecule has 0 fully saturated rings. The second kappa shape index (κ2) is 7.90. The Kier molecular flexibility index (Phi) is 5.88. The molecule has 2 rings (SSSR count). The lowest BCUT2D eigenvalue weighted by atomic mass is 9.99. The van der Waals surface area contributed by atoms with Crippen LogP contribution in [0.25, 0.3) is 0 Å². The SMILES string of the molecule is COc1cc(CC(=O)c2cc(C(N)=O)ccc2OC)c(OC)cc1Cl. The zero-order chi connectivity index (χ0) is 18.6. The van der Waals surface area contributed by atoms with Crippen LogP contribution in [-0.2, 0) is 6.42 Å². The summed E-state index contributed by atoms with van der Waals surface area (Å²) >= 11 is 6.08. The van der Waals surface area contributed by atoms with Crippen LogP contribution in [0.2, 0.25) is 5.02 Å². The Morgan fingerprint density at radius 2 is 1.60 bits per heavy atom. The van der Waals surface area contributed by atoms with Gasteiger partial charge in [0.05, 0.1) is 31.9 Å². The maximum Gasteiger partial charge on any atom is 0.248 e. The van der Waals surface area contributed by atoms with Gasteiger partial charge in [-0.2, -0.15) is 0 Å². The van der Waals surface area contributed by atoms with Crippen LogP contribution >= 0.6 is 11.6 Å². The summed E-state index contributed by atoms with van der Waals surface area (Å²) in [7, 11) is 4.42. The van der Waals surface area contributed by atoms with Crippen molar-refractivity contribution in [1.82, 2.24) is 0 Å². The molecular formula is C18H18ClNO5. The van der Waals surface area contributed by atoms with Crippen molar-refractivity contribution in [3.05, 3.63) is 52.0 Å². The molecule has 25 heavy (non-hydrogen) atoms. The number of halogens is 1. The number of primary amides is 1. The highest BCUT2D eigenvalue weighted by Gasteiger charge is 2.19. The Balaban J connectivity index is 2.43. The first kappa shape index (κ1) is 18.6. The first-order chi connectivity index (χ1) is 11.9. The Bertz CT molecular complexity index is 819. The summed E-state index contributed by atoms with van der Waals surface area (Å²) in [6.45, 7) is 0. The molecule has 6 nitrogen and oxygen atoms in total. The number of amides is 1. The van der Waals surface area contributed by atoms with E-state index in [2.05, 4.69) is 0 Å². The summed E-state index contributed by atoms with van der Waals surface area (Å²) in [4.78, 5) is 24.1. The van der Waals surface area contributed by atoms with Gasteiger partial charge in [0, 0.05) is 23.6 Å². The first-order valence-electron chi connectivity index (χ1n) is 7.32. The van der Waals surface area contributed by atoms with Crippen molar-refractivity contribution >= 4 is 23.3 Å². The van der Waals surface area contributed by atoms with Gasteiger partial charge in [-0.05, 0) is 24.3 Å². The van der Waals surface area contributed by atoms with Crippen LogP contribution in [-0.4, -0.2) is 33.0 Å². The molecule has 0 aromatic heterocycles. The van der Waals surface area contributed by atoms with E-state index in [1.54, 1.807) is 12.1 Å². The van der Waals surface area contributed by atoms with E-state index < -0.39 is 5.91 Å². The molecule has 1 amide bonds. The number of rotatable bonds is 7. The van der Waals surface area contributed by atoms with Gasteiger partial charge in [0.25, 0.3) is 0 Å². The lowest BCUT2D eigenvalue weighted by Gasteiger charge is -2.13. The number of ketones is 1. The minimum absolute atomic E-state index is 0.00920. The summed E-state index contributed by atoms with van der Waals surface area (Å²) in [5, 5.41) is 0.379. The molecule has 0 spiro atoms. The van der Waals surface area contributed by atoms with Gasteiger partial charge in [-0.25, -0.2) is 0 Å². The van der Waals surface area contributed by atoms with E-state index in [0.29, 0.717) is 27.8 Å². The lowest BCUT2D eigenvalue weighted by molar-refractivity contribution is 0.0989. The van der Waals surface area contributed by atoms with Gasteiger partial charge in [-0.15, -0.1) is 0 Å². The average molecular weight is 364 g/mol. The van der Waals surface area contributed by atoms with Crippen LogP contribution in [0.5, 0.6) is 17.2 Å². The van der Waals surface area contributed by atoms with Crippen molar-refractivity contribution in [2.45, 2.75) is 6.42 Å². The highest BCUT2D eigenvalue weighted by Crippen LogP contribution is 2.33. The molecule has 0 bridgehead atoms. The second-order valence-corrected chi connectivity index (χ2v) is 5.59. The van der Waals surface area contributed by atoms with Gasteiger partial charge < -0.3 is 19.9 Å². The fourth-order valence-corrected chi connectivity index (χ4v) is 2.64. The molecule has 0 atom stereocenters. The third kappa shape index (κ3) is 4.03. The fraction of sp³-hybridized carbons (Fsp3) is 0.222. The zero-order valence-corrected chi connectivity index (χ0v) is 14.8. The van der Waals surface area contributed by atoms with Gasteiger partial charge in [0.15, 0.2) is 5.78 Å². The topological polar surface area (TPSA) is 87.9 Å². The summed E-state index contributed by atoms with van der Waals surface area (Å²) in [5.41, 5.74) is 6.37. The van der Waals surface area contributed by atoms with E-state index in [1.165, 1.54) is 39.5 Å². The molecule has 0 unspecified atom stereocenters. The Labute approximate surface area is 150 Å². The van der Waals surface area contributed by atoms with Gasteiger partial charge in [0.1, 0.15) is 17.2 Å². The minimum atomic E-state index is -0.623. The zero-order valence-electron chi connectivity index (χ0n) is 14.1. The van der Waals surface area contributed by atoms with Gasteiger partial charge in [-0.1, -0.05) is 11.6 Å². The molecule has 0 saturated carbocycles. The van der Waals surface area contributed by atoms with Crippen molar-refractivity contribution in [2.75, 3.05) is 21.3 Å². The summed E-state index contributed by atoms with van der Waals surface area (Å²) in [6, 6.07) is 7.68. The number of nitrogens with two attached hydrogens (primary N) is 1. The standard InChI is InChI=1S/C18H18ClNO5/c1-23-15-5-4-10(18(20)22)6-12(15)14(21)7-11-8-17(25-3)13(19)9-16(11)24-2/h4-6,8-9H,7H2,1-3H3,(H2,20,22). The van der Waals surface area contributed by atoms with E-state index in [9.17, 15) is 9.59 Å². The Hall–Kier alpha value is -2.73. The monoisotopic (exact) mass is 363 g/mol. The molecule has 2 N–H and O–H groups in total. The van der Waals surface area contributed by atoms with Crippen LogP contribution in [0, 0.1) is 0 Å². The summed E-state index contributed by atoms with van der Waals surface area (Å²) in [6.07, 6.45) is 0.00920. The number of methoxy groups -OCH3 is 3. The number of carbonyl (C=O) groups excluding carboxylic acids is 2. The van der Waals surface area contributed by atoms with E-state index in [1.807, 2.05) is 0 Å². The molecule has 0 aliphatic carbocycles. The van der Waals surface area contributed by atoms with Crippen molar-refractivity contribution in [3.8, 4) is 17.2 Å². The van der Waals surface area contributed by atoms with Crippen molar-refractivity contribution in [3.63, 3.8) is 0 Å². The highest BCUT2D eigenvalue weighted by molar-refractivity contribution is 6.32. The molecule has 0 aliphatic heterocycles. The van der Waals surface area contributed by atoms with Crippen LogP contribution in [0.15, 0.2) is 30.3 Å². The van der Waals surface area contributed by atoms with Gasteiger partial charge >= 0.3 is 0 Å². The molecular weight excluding hydrogens is 346 g/mol. The maximum atomic E-state index is 12.8. The fourth-order valence-electron chi connectivity index (χ4n) is 2.41. The molecule has 7 heteroatoms. The predicted molar refractivity (Wildman–Crippen MR) is 94.1 cm³/mol. The number of hydrogen-bond acceptors (Lipinski definition) is 5. The third-order valence-electron chi connectivity index (χ3n) is 3.69. The smallest absolute Gasteiger partial charge is 0.248 e. The minimum Gasteiger partial charge on any atom is -0.496 e. The normalized spacial score (nSPS) is 10.2.